The smallest absolute Gasteiger partial charge is 0.123 e. The molecule has 3 rings (SSSR count). The molecule has 4 nitrogen and oxygen atoms in total. The Morgan fingerprint density at radius 2 is 2.27 bits per heavy atom. The number of rotatable bonds is 5. The van der Waals surface area contributed by atoms with Gasteiger partial charge in [0.15, 0.2) is 0 Å². The number of aliphatic hydroxyl groups excluding tert-OH is 1. The van der Waals surface area contributed by atoms with Gasteiger partial charge in [-0.25, -0.2) is 4.39 Å². The van der Waals surface area contributed by atoms with E-state index in [1.807, 2.05) is 16.9 Å². The molecule has 1 aliphatic heterocycles. The maximum atomic E-state index is 13.4. The number of nitrogens with zero attached hydrogens (tertiary/aromatic N) is 3. The van der Waals surface area contributed by atoms with Crippen LogP contribution in [-0.4, -0.2) is 39.0 Å². The monoisotopic (exact) mass is 303 g/mol. The first-order chi connectivity index (χ1) is 10.7. The van der Waals surface area contributed by atoms with Crippen LogP contribution in [0.1, 0.15) is 30.5 Å². The van der Waals surface area contributed by atoms with Gasteiger partial charge in [0.25, 0.3) is 0 Å². The highest BCUT2D eigenvalue weighted by atomic mass is 19.1. The van der Waals surface area contributed by atoms with Crippen molar-refractivity contribution in [2.75, 3.05) is 13.1 Å². The molecule has 1 aliphatic rings. The Morgan fingerprint density at radius 3 is 3.00 bits per heavy atom. The second-order valence-electron chi connectivity index (χ2n) is 5.91. The molecule has 2 heterocycles. The van der Waals surface area contributed by atoms with Gasteiger partial charge in [-0.05, 0) is 43.0 Å². The zero-order chi connectivity index (χ0) is 15.5. The number of likely N-dealkylation sites (tertiary alicyclic amines) is 1. The van der Waals surface area contributed by atoms with Crippen molar-refractivity contribution < 1.29 is 9.50 Å². The van der Waals surface area contributed by atoms with E-state index in [4.69, 9.17) is 0 Å². The van der Waals surface area contributed by atoms with Crippen molar-refractivity contribution >= 4 is 0 Å². The summed E-state index contributed by atoms with van der Waals surface area (Å²) in [5.41, 5.74) is 2.14. The van der Waals surface area contributed by atoms with E-state index >= 15 is 0 Å². The lowest BCUT2D eigenvalue weighted by atomic mass is 10.0. The summed E-state index contributed by atoms with van der Waals surface area (Å²) in [5.74, 6) is -0.219. The summed E-state index contributed by atoms with van der Waals surface area (Å²) in [5, 5.41) is 14.3. The molecule has 2 atom stereocenters. The number of halogens is 1. The molecule has 0 amide bonds. The predicted octanol–water partition coefficient (Wildman–Crippen LogP) is 2.39. The van der Waals surface area contributed by atoms with Crippen LogP contribution in [-0.2, 0) is 13.0 Å². The van der Waals surface area contributed by atoms with Crippen molar-refractivity contribution in [2.45, 2.75) is 38.5 Å². The standard InChI is InChI=1S/C17H22FN3O/c1-2-21-11-13(10-19-21)6-7-20-12-16(22)9-17(20)14-4-3-5-15(18)8-14/h3-5,8,10-11,16-17,22H,2,6-7,9,12H2,1H3. The van der Waals surface area contributed by atoms with Gasteiger partial charge >= 0.3 is 0 Å². The first-order valence-electron chi connectivity index (χ1n) is 7.84. The lowest BCUT2D eigenvalue weighted by molar-refractivity contribution is 0.175. The van der Waals surface area contributed by atoms with Crippen molar-refractivity contribution in [2.24, 2.45) is 0 Å². The Kier molecular flexibility index (Phi) is 4.55. The Morgan fingerprint density at radius 1 is 1.41 bits per heavy atom. The van der Waals surface area contributed by atoms with Crippen LogP contribution in [0.5, 0.6) is 0 Å². The van der Waals surface area contributed by atoms with Crippen LogP contribution < -0.4 is 0 Å². The van der Waals surface area contributed by atoms with Gasteiger partial charge in [0, 0.05) is 31.9 Å². The highest BCUT2D eigenvalue weighted by Crippen LogP contribution is 2.32. The summed E-state index contributed by atoms with van der Waals surface area (Å²) in [7, 11) is 0. The molecule has 2 aromatic rings. The quantitative estimate of drug-likeness (QED) is 0.922. The minimum Gasteiger partial charge on any atom is -0.392 e. The molecule has 1 aromatic heterocycles. The molecule has 0 saturated carbocycles. The number of benzene rings is 1. The molecule has 1 saturated heterocycles. The molecule has 2 unspecified atom stereocenters. The highest BCUT2D eigenvalue weighted by molar-refractivity contribution is 5.22. The van der Waals surface area contributed by atoms with E-state index in [0.717, 1.165) is 25.1 Å². The Labute approximate surface area is 130 Å². The first-order valence-corrected chi connectivity index (χ1v) is 7.84. The fourth-order valence-electron chi connectivity index (χ4n) is 3.17. The van der Waals surface area contributed by atoms with E-state index in [1.54, 1.807) is 12.1 Å². The topological polar surface area (TPSA) is 41.3 Å². The predicted molar refractivity (Wildman–Crippen MR) is 82.9 cm³/mol. The van der Waals surface area contributed by atoms with Crippen LogP contribution in [0.2, 0.25) is 0 Å². The number of hydrogen-bond acceptors (Lipinski definition) is 3. The first kappa shape index (κ1) is 15.2. The van der Waals surface area contributed by atoms with Gasteiger partial charge in [-0.15, -0.1) is 0 Å². The molecule has 1 aromatic carbocycles. The van der Waals surface area contributed by atoms with Crippen molar-refractivity contribution in [1.29, 1.82) is 0 Å². The molecule has 1 fully saturated rings. The van der Waals surface area contributed by atoms with Crippen LogP contribution in [0.25, 0.3) is 0 Å². The van der Waals surface area contributed by atoms with E-state index < -0.39 is 0 Å². The van der Waals surface area contributed by atoms with Crippen molar-refractivity contribution in [3.05, 3.63) is 53.6 Å². The molecular weight excluding hydrogens is 281 g/mol. The van der Waals surface area contributed by atoms with Crippen LogP contribution >= 0.6 is 0 Å². The minimum absolute atomic E-state index is 0.0897. The molecule has 0 spiro atoms. The van der Waals surface area contributed by atoms with E-state index in [9.17, 15) is 9.50 Å². The number of aryl methyl sites for hydroxylation is 1. The summed E-state index contributed by atoms with van der Waals surface area (Å²) in [6.07, 6.45) is 5.17. The highest BCUT2D eigenvalue weighted by Gasteiger charge is 2.31. The zero-order valence-corrected chi connectivity index (χ0v) is 12.8. The Hall–Kier alpha value is -1.72. The summed E-state index contributed by atoms with van der Waals surface area (Å²) in [4.78, 5) is 2.24. The number of aliphatic hydroxyl groups is 1. The normalized spacial score (nSPS) is 22.3. The second kappa shape index (κ2) is 6.58. The third kappa shape index (κ3) is 3.36. The summed E-state index contributed by atoms with van der Waals surface area (Å²) < 4.78 is 15.4. The van der Waals surface area contributed by atoms with Crippen LogP contribution in [0.15, 0.2) is 36.7 Å². The van der Waals surface area contributed by atoms with E-state index in [2.05, 4.69) is 23.1 Å². The van der Waals surface area contributed by atoms with Crippen LogP contribution in [0.4, 0.5) is 4.39 Å². The summed E-state index contributed by atoms with van der Waals surface area (Å²) >= 11 is 0. The third-order valence-electron chi connectivity index (χ3n) is 4.31. The maximum Gasteiger partial charge on any atom is 0.123 e. The van der Waals surface area contributed by atoms with Gasteiger partial charge < -0.3 is 5.11 Å². The molecule has 22 heavy (non-hydrogen) atoms. The molecule has 1 N–H and O–H groups in total. The fourth-order valence-corrected chi connectivity index (χ4v) is 3.17. The fraction of sp³-hybridized carbons (Fsp3) is 0.471. The zero-order valence-electron chi connectivity index (χ0n) is 12.8. The minimum atomic E-state index is -0.341. The van der Waals surface area contributed by atoms with Gasteiger partial charge in [0.05, 0.1) is 12.3 Å². The molecule has 0 aliphatic carbocycles. The third-order valence-corrected chi connectivity index (χ3v) is 4.31. The lowest BCUT2D eigenvalue weighted by Gasteiger charge is -2.24. The molecule has 5 heteroatoms. The maximum absolute atomic E-state index is 13.4. The summed E-state index contributed by atoms with van der Waals surface area (Å²) in [6, 6.07) is 6.79. The lowest BCUT2D eigenvalue weighted by Crippen LogP contribution is -2.27. The number of aromatic nitrogens is 2. The largest absolute Gasteiger partial charge is 0.392 e. The van der Waals surface area contributed by atoms with Crippen molar-refractivity contribution in [3.63, 3.8) is 0 Å². The summed E-state index contributed by atoms with van der Waals surface area (Å²) in [6.45, 7) is 4.42. The Balaban J connectivity index is 1.68. The van der Waals surface area contributed by atoms with E-state index in [-0.39, 0.29) is 18.0 Å². The van der Waals surface area contributed by atoms with Crippen molar-refractivity contribution in [1.82, 2.24) is 14.7 Å². The molecule has 0 bridgehead atoms. The molecule has 0 radical (unpaired) electrons. The van der Waals surface area contributed by atoms with Gasteiger partial charge in [0.1, 0.15) is 5.82 Å². The van der Waals surface area contributed by atoms with E-state index in [0.29, 0.717) is 13.0 Å². The van der Waals surface area contributed by atoms with Crippen molar-refractivity contribution in [3.8, 4) is 0 Å². The molecule has 118 valence electrons. The number of β-amino-alcohol motifs (C(OH)–C–C–N with tert-alkyl or cyclic N) is 1. The second-order valence-corrected chi connectivity index (χ2v) is 5.91. The van der Waals surface area contributed by atoms with Gasteiger partial charge in [-0.1, -0.05) is 12.1 Å². The molecular formula is C17H22FN3O. The average Bonchev–Trinajstić information content (AvgIpc) is 3.11. The average molecular weight is 303 g/mol. The Bertz CT molecular complexity index is 628. The van der Waals surface area contributed by atoms with Gasteiger partial charge in [-0.3, -0.25) is 9.58 Å². The van der Waals surface area contributed by atoms with E-state index in [1.165, 1.54) is 11.6 Å². The SMILES string of the molecule is CCn1cc(CCN2CC(O)CC2c2cccc(F)c2)cn1. The van der Waals surface area contributed by atoms with Crippen LogP contribution in [0, 0.1) is 5.82 Å². The van der Waals surface area contributed by atoms with Gasteiger partial charge in [0.2, 0.25) is 0 Å². The number of hydrogen-bond donors (Lipinski definition) is 1. The van der Waals surface area contributed by atoms with Gasteiger partial charge in [-0.2, -0.15) is 5.10 Å². The van der Waals surface area contributed by atoms with Crippen LogP contribution in [0.3, 0.4) is 0 Å².